The Kier molecular flexibility index (Phi) is 4.76. The number of ether oxygens (including phenoxy) is 1. The van der Waals surface area contributed by atoms with E-state index in [9.17, 15) is 0 Å². The van der Waals surface area contributed by atoms with Crippen molar-refractivity contribution in [1.82, 2.24) is 19.6 Å². The third-order valence-electron chi connectivity index (χ3n) is 4.04. The van der Waals surface area contributed by atoms with Gasteiger partial charge in [0.25, 0.3) is 5.78 Å². The van der Waals surface area contributed by atoms with Gasteiger partial charge in [0.15, 0.2) is 0 Å². The Bertz CT molecular complexity index is 841. The molecule has 0 aliphatic rings. The fourth-order valence-corrected chi connectivity index (χ4v) is 2.55. The highest BCUT2D eigenvalue weighted by Crippen LogP contribution is 2.20. The van der Waals surface area contributed by atoms with Crippen molar-refractivity contribution in [1.29, 1.82) is 0 Å². The van der Waals surface area contributed by atoms with E-state index in [1.165, 1.54) is 17.5 Å². The fraction of sp³-hybridized carbons (Fsp3) is 0.389. The molecule has 2 aromatic heterocycles. The van der Waals surface area contributed by atoms with E-state index >= 15 is 0 Å². The van der Waals surface area contributed by atoms with Crippen LogP contribution in [-0.4, -0.2) is 25.7 Å². The van der Waals surface area contributed by atoms with Crippen molar-refractivity contribution in [3.63, 3.8) is 0 Å². The summed E-state index contributed by atoms with van der Waals surface area (Å²) in [6, 6.07) is 8.31. The van der Waals surface area contributed by atoms with Gasteiger partial charge in [-0.1, -0.05) is 24.3 Å². The van der Waals surface area contributed by atoms with Crippen LogP contribution >= 0.6 is 0 Å². The molecule has 1 N–H and O–H groups in total. The van der Waals surface area contributed by atoms with Crippen LogP contribution in [0.4, 0.5) is 5.82 Å². The number of fused-ring (bicyclic) bond motifs is 1. The van der Waals surface area contributed by atoms with E-state index in [2.05, 4.69) is 32.5 Å². The average molecular weight is 325 g/mol. The molecule has 0 bridgehead atoms. The van der Waals surface area contributed by atoms with Crippen LogP contribution in [0.25, 0.3) is 5.78 Å². The summed E-state index contributed by atoms with van der Waals surface area (Å²) in [5.74, 6) is 1.53. The summed E-state index contributed by atoms with van der Waals surface area (Å²) in [7, 11) is 0. The number of nitrogens with one attached hydrogen (secondary N) is 1. The Hall–Kier alpha value is -2.47. The molecule has 3 rings (SSSR count). The number of aryl methyl sites for hydroxylation is 1. The molecule has 6 heteroatoms. The Morgan fingerprint density at radius 3 is 2.67 bits per heavy atom. The molecule has 6 nitrogen and oxygen atoms in total. The molecule has 3 aromatic rings. The van der Waals surface area contributed by atoms with Crippen molar-refractivity contribution < 1.29 is 4.74 Å². The van der Waals surface area contributed by atoms with E-state index in [4.69, 9.17) is 4.74 Å². The van der Waals surface area contributed by atoms with E-state index in [-0.39, 0.29) is 6.10 Å². The second-order valence-electron chi connectivity index (χ2n) is 6.12. The molecule has 0 saturated heterocycles. The van der Waals surface area contributed by atoms with E-state index in [1.54, 1.807) is 4.52 Å². The zero-order chi connectivity index (χ0) is 17.1. The highest BCUT2D eigenvalue weighted by molar-refractivity contribution is 5.52. The molecular weight excluding hydrogens is 302 g/mol. The van der Waals surface area contributed by atoms with Gasteiger partial charge in [0.05, 0.1) is 12.7 Å². The van der Waals surface area contributed by atoms with Gasteiger partial charge in [-0.15, -0.1) is 0 Å². The van der Waals surface area contributed by atoms with E-state index in [0.717, 1.165) is 17.1 Å². The van der Waals surface area contributed by atoms with Gasteiger partial charge in [0, 0.05) is 17.8 Å². The number of anilines is 1. The summed E-state index contributed by atoms with van der Waals surface area (Å²) in [4.78, 5) is 8.63. The minimum atomic E-state index is 0.214. The molecule has 0 unspecified atom stereocenters. The lowest BCUT2D eigenvalue weighted by atomic mass is 10.1. The van der Waals surface area contributed by atoms with E-state index in [1.807, 2.05) is 39.8 Å². The van der Waals surface area contributed by atoms with E-state index in [0.29, 0.717) is 18.9 Å². The molecule has 0 amide bonds. The molecule has 0 atom stereocenters. The lowest BCUT2D eigenvalue weighted by Gasteiger charge is -2.15. The molecule has 0 radical (unpaired) electrons. The summed E-state index contributed by atoms with van der Waals surface area (Å²) in [6.07, 6.45) is 1.74. The molecule has 2 heterocycles. The highest BCUT2D eigenvalue weighted by atomic mass is 16.5. The number of benzene rings is 1. The van der Waals surface area contributed by atoms with Gasteiger partial charge in [0.1, 0.15) is 12.1 Å². The van der Waals surface area contributed by atoms with Crippen LogP contribution < -0.4 is 5.32 Å². The van der Waals surface area contributed by atoms with Crippen molar-refractivity contribution in [2.75, 3.05) is 5.32 Å². The van der Waals surface area contributed by atoms with Crippen LogP contribution in [0.2, 0.25) is 0 Å². The maximum Gasteiger partial charge on any atom is 0.254 e. The predicted octanol–water partition coefficient (Wildman–Crippen LogP) is 3.28. The Morgan fingerprint density at radius 2 is 1.92 bits per heavy atom. The normalized spacial score (nSPS) is 11.4. The molecule has 0 aliphatic heterocycles. The van der Waals surface area contributed by atoms with Crippen molar-refractivity contribution in [2.45, 2.75) is 47.0 Å². The number of rotatable bonds is 6. The topological polar surface area (TPSA) is 64.3 Å². The van der Waals surface area contributed by atoms with Gasteiger partial charge in [-0.2, -0.15) is 14.6 Å². The Balaban J connectivity index is 1.84. The van der Waals surface area contributed by atoms with Gasteiger partial charge >= 0.3 is 0 Å². The minimum absolute atomic E-state index is 0.214. The summed E-state index contributed by atoms with van der Waals surface area (Å²) in [5, 5.41) is 7.76. The molecule has 24 heavy (non-hydrogen) atoms. The number of hydrogen-bond acceptors (Lipinski definition) is 5. The molecular formula is C18H23N5O. The highest BCUT2D eigenvalue weighted by Gasteiger charge is 2.11. The molecule has 126 valence electrons. The van der Waals surface area contributed by atoms with Crippen LogP contribution in [-0.2, 0) is 17.9 Å². The largest absolute Gasteiger partial charge is 0.374 e. The standard InChI is InChI=1S/C18H23N5O/c1-12(2)24-10-16-8-6-5-7-15(16)9-19-17-13(3)14(4)22-18-20-11-21-23(17)18/h5-8,11-12,19H,9-10H2,1-4H3. The minimum Gasteiger partial charge on any atom is -0.374 e. The Morgan fingerprint density at radius 1 is 1.17 bits per heavy atom. The zero-order valence-corrected chi connectivity index (χ0v) is 14.6. The van der Waals surface area contributed by atoms with Gasteiger partial charge < -0.3 is 10.1 Å². The van der Waals surface area contributed by atoms with Crippen LogP contribution in [0.1, 0.15) is 36.2 Å². The third kappa shape index (κ3) is 3.38. The van der Waals surface area contributed by atoms with Crippen LogP contribution in [0.15, 0.2) is 30.6 Å². The monoisotopic (exact) mass is 325 g/mol. The van der Waals surface area contributed by atoms with Crippen LogP contribution in [0.3, 0.4) is 0 Å². The molecule has 0 saturated carbocycles. The predicted molar refractivity (Wildman–Crippen MR) is 93.9 cm³/mol. The first-order valence-electron chi connectivity index (χ1n) is 8.15. The second-order valence-corrected chi connectivity index (χ2v) is 6.12. The first-order chi connectivity index (χ1) is 11.6. The van der Waals surface area contributed by atoms with E-state index < -0.39 is 0 Å². The van der Waals surface area contributed by atoms with Crippen molar-refractivity contribution in [2.24, 2.45) is 0 Å². The van der Waals surface area contributed by atoms with Crippen molar-refractivity contribution in [3.8, 4) is 0 Å². The number of hydrogen-bond donors (Lipinski definition) is 1. The summed E-state index contributed by atoms with van der Waals surface area (Å²) < 4.78 is 7.50. The quantitative estimate of drug-likeness (QED) is 0.753. The first-order valence-corrected chi connectivity index (χ1v) is 8.15. The summed E-state index contributed by atoms with van der Waals surface area (Å²) in [5.41, 5.74) is 4.43. The maximum absolute atomic E-state index is 5.76. The lowest BCUT2D eigenvalue weighted by molar-refractivity contribution is 0.0653. The lowest BCUT2D eigenvalue weighted by Crippen LogP contribution is -2.11. The summed E-state index contributed by atoms with van der Waals surface area (Å²) >= 11 is 0. The molecule has 0 fully saturated rings. The van der Waals surface area contributed by atoms with Crippen LogP contribution in [0, 0.1) is 13.8 Å². The number of nitrogens with zero attached hydrogens (tertiary/aromatic N) is 4. The van der Waals surface area contributed by atoms with Gasteiger partial charge in [-0.25, -0.2) is 4.98 Å². The molecule has 0 spiro atoms. The SMILES string of the molecule is Cc1nc2ncnn2c(NCc2ccccc2COC(C)C)c1C. The van der Waals surface area contributed by atoms with Crippen molar-refractivity contribution >= 4 is 11.6 Å². The third-order valence-corrected chi connectivity index (χ3v) is 4.04. The number of aromatic nitrogens is 4. The fourth-order valence-electron chi connectivity index (χ4n) is 2.55. The maximum atomic E-state index is 5.76. The zero-order valence-electron chi connectivity index (χ0n) is 14.6. The van der Waals surface area contributed by atoms with Gasteiger partial charge in [-0.3, -0.25) is 0 Å². The van der Waals surface area contributed by atoms with Crippen molar-refractivity contribution in [3.05, 3.63) is 53.0 Å². The average Bonchev–Trinajstić information content (AvgIpc) is 3.02. The molecule has 1 aromatic carbocycles. The second kappa shape index (κ2) is 6.97. The van der Waals surface area contributed by atoms with Gasteiger partial charge in [0.2, 0.25) is 0 Å². The Labute approximate surface area is 141 Å². The van der Waals surface area contributed by atoms with Crippen LogP contribution in [0.5, 0.6) is 0 Å². The first kappa shape index (κ1) is 16.4. The smallest absolute Gasteiger partial charge is 0.254 e. The van der Waals surface area contributed by atoms with Gasteiger partial charge in [-0.05, 0) is 38.8 Å². The molecule has 0 aliphatic carbocycles. The summed E-state index contributed by atoms with van der Waals surface area (Å²) in [6.45, 7) is 9.43.